The summed E-state index contributed by atoms with van der Waals surface area (Å²) in [6.45, 7) is 0.684. The molecule has 1 aliphatic rings. The van der Waals surface area contributed by atoms with Crippen molar-refractivity contribution in [2.24, 2.45) is 5.92 Å². The second kappa shape index (κ2) is 5.14. The Morgan fingerprint density at radius 1 is 1.53 bits per heavy atom. The molecule has 2 atom stereocenters. The molecule has 1 aromatic heterocycles. The molecule has 0 bridgehead atoms. The topological polar surface area (TPSA) is 82.5 Å². The summed E-state index contributed by atoms with van der Waals surface area (Å²) >= 11 is 0. The highest BCUT2D eigenvalue weighted by atomic mass is 16.4. The lowest BCUT2D eigenvalue weighted by Crippen LogP contribution is -2.15. The minimum atomic E-state index is -1.03. The van der Waals surface area contributed by atoms with Crippen molar-refractivity contribution in [1.29, 1.82) is 0 Å². The van der Waals surface area contributed by atoms with Gasteiger partial charge < -0.3 is 15.5 Å². The Labute approximate surface area is 99.5 Å². The van der Waals surface area contributed by atoms with Gasteiger partial charge in [-0.25, -0.2) is 9.78 Å². The first-order chi connectivity index (χ1) is 8.16. The summed E-state index contributed by atoms with van der Waals surface area (Å²) in [5, 5.41) is 21.5. The first-order valence-corrected chi connectivity index (χ1v) is 5.77. The van der Waals surface area contributed by atoms with E-state index in [1.807, 2.05) is 0 Å². The number of nitrogens with zero attached hydrogens (tertiary/aromatic N) is 1. The van der Waals surface area contributed by atoms with E-state index in [0.717, 1.165) is 19.3 Å². The average Bonchev–Trinajstić information content (AvgIpc) is 2.73. The maximum Gasteiger partial charge on any atom is 0.356 e. The maximum atomic E-state index is 10.9. The van der Waals surface area contributed by atoms with Crippen molar-refractivity contribution in [2.45, 2.75) is 25.4 Å². The second-order valence-corrected chi connectivity index (χ2v) is 4.42. The smallest absolute Gasteiger partial charge is 0.356 e. The number of pyridine rings is 1. The van der Waals surface area contributed by atoms with E-state index in [9.17, 15) is 9.90 Å². The molecule has 17 heavy (non-hydrogen) atoms. The van der Waals surface area contributed by atoms with E-state index in [0.29, 0.717) is 18.2 Å². The van der Waals surface area contributed by atoms with E-state index >= 15 is 0 Å². The van der Waals surface area contributed by atoms with Gasteiger partial charge in [0.25, 0.3) is 0 Å². The number of rotatable bonds is 4. The van der Waals surface area contributed by atoms with Crippen LogP contribution in [0.4, 0.5) is 5.69 Å². The molecule has 0 aliphatic heterocycles. The third-order valence-electron chi connectivity index (χ3n) is 3.11. The van der Waals surface area contributed by atoms with Crippen LogP contribution in [0.25, 0.3) is 0 Å². The average molecular weight is 236 g/mol. The van der Waals surface area contributed by atoms with Gasteiger partial charge in [-0.2, -0.15) is 0 Å². The monoisotopic (exact) mass is 236 g/mol. The molecule has 0 spiro atoms. The standard InChI is InChI=1S/C12H16N2O3/c15-9-4-3-8(6-9)7-14-10-2-1-5-13-11(10)12(16)17/h1-2,5,8-9,14-15H,3-4,6-7H2,(H,16,17). The minimum Gasteiger partial charge on any atom is -0.476 e. The summed E-state index contributed by atoms with van der Waals surface area (Å²) in [7, 11) is 0. The largest absolute Gasteiger partial charge is 0.476 e. The molecule has 5 heteroatoms. The number of anilines is 1. The minimum absolute atomic E-state index is 0.0473. The number of aromatic carboxylic acids is 1. The molecule has 1 aromatic rings. The molecule has 0 radical (unpaired) electrons. The van der Waals surface area contributed by atoms with E-state index in [2.05, 4.69) is 10.3 Å². The van der Waals surface area contributed by atoms with E-state index < -0.39 is 5.97 Å². The number of aliphatic hydroxyl groups is 1. The molecule has 0 saturated heterocycles. The third kappa shape index (κ3) is 2.94. The zero-order valence-corrected chi connectivity index (χ0v) is 9.47. The van der Waals surface area contributed by atoms with Gasteiger partial charge in [0.2, 0.25) is 0 Å². The molecule has 1 heterocycles. The number of hydrogen-bond acceptors (Lipinski definition) is 4. The first-order valence-electron chi connectivity index (χ1n) is 5.77. The fourth-order valence-electron chi connectivity index (χ4n) is 2.21. The molecule has 5 nitrogen and oxygen atoms in total. The van der Waals surface area contributed by atoms with Crippen LogP contribution in [0.1, 0.15) is 29.8 Å². The van der Waals surface area contributed by atoms with Gasteiger partial charge in [-0.15, -0.1) is 0 Å². The van der Waals surface area contributed by atoms with Crippen molar-refractivity contribution in [1.82, 2.24) is 4.98 Å². The Kier molecular flexibility index (Phi) is 3.58. The molecular formula is C12H16N2O3. The van der Waals surface area contributed by atoms with Gasteiger partial charge in [0, 0.05) is 12.7 Å². The van der Waals surface area contributed by atoms with Crippen LogP contribution < -0.4 is 5.32 Å². The second-order valence-electron chi connectivity index (χ2n) is 4.42. The van der Waals surface area contributed by atoms with Crippen LogP contribution in [0.15, 0.2) is 18.3 Å². The lowest BCUT2D eigenvalue weighted by Gasteiger charge is -2.13. The fraction of sp³-hybridized carbons (Fsp3) is 0.500. The van der Waals surface area contributed by atoms with E-state index in [-0.39, 0.29) is 11.8 Å². The van der Waals surface area contributed by atoms with Crippen LogP contribution in [0.5, 0.6) is 0 Å². The molecule has 1 aliphatic carbocycles. The van der Waals surface area contributed by atoms with Gasteiger partial charge in [0.1, 0.15) is 0 Å². The Bertz CT molecular complexity index is 408. The Balaban J connectivity index is 1.97. The van der Waals surface area contributed by atoms with Crippen LogP contribution in [-0.2, 0) is 0 Å². The highest BCUT2D eigenvalue weighted by molar-refractivity contribution is 5.91. The van der Waals surface area contributed by atoms with Crippen LogP contribution >= 0.6 is 0 Å². The fourth-order valence-corrected chi connectivity index (χ4v) is 2.21. The van der Waals surface area contributed by atoms with Crippen LogP contribution in [0.2, 0.25) is 0 Å². The Morgan fingerprint density at radius 2 is 2.35 bits per heavy atom. The lowest BCUT2D eigenvalue weighted by atomic mass is 10.1. The molecule has 3 N–H and O–H groups in total. The lowest BCUT2D eigenvalue weighted by molar-refractivity contribution is 0.0691. The highest BCUT2D eigenvalue weighted by Gasteiger charge is 2.22. The number of carbonyl (C=O) groups is 1. The zero-order valence-electron chi connectivity index (χ0n) is 9.47. The molecule has 1 fully saturated rings. The molecular weight excluding hydrogens is 220 g/mol. The van der Waals surface area contributed by atoms with Gasteiger partial charge in [-0.1, -0.05) is 0 Å². The number of aliphatic hydroxyl groups excluding tert-OH is 1. The van der Waals surface area contributed by atoms with Crippen LogP contribution in [0.3, 0.4) is 0 Å². The molecule has 0 amide bonds. The van der Waals surface area contributed by atoms with Crippen molar-refractivity contribution in [2.75, 3.05) is 11.9 Å². The summed E-state index contributed by atoms with van der Waals surface area (Å²) in [5.74, 6) is -0.619. The van der Waals surface area contributed by atoms with E-state index in [1.54, 1.807) is 12.1 Å². The van der Waals surface area contributed by atoms with Gasteiger partial charge in [0.05, 0.1) is 11.8 Å². The normalized spacial score (nSPS) is 23.6. The van der Waals surface area contributed by atoms with E-state index in [1.165, 1.54) is 6.20 Å². The third-order valence-corrected chi connectivity index (χ3v) is 3.11. The maximum absolute atomic E-state index is 10.9. The van der Waals surface area contributed by atoms with Gasteiger partial charge in [-0.05, 0) is 37.3 Å². The van der Waals surface area contributed by atoms with Gasteiger partial charge >= 0.3 is 5.97 Å². The molecule has 92 valence electrons. The number of carboxylic acids is 1. The summed E-state index contributed by atoms with van der Waals surface area (Å²) in [5.41, 5.74) is 0.590. The van der Waals surface area contributed by atoms with Crippen LogP contribution in [-0.4, -0.2) is 33.8 Å². The number of nitrogens with one attached hydrogen (secondary N) is 1. The SMILES string of the molecule is O=C(O)c1ncccc1NCC1CCC(O)C1. The number of hydrogen-bond donors (Lipinski definition) is 3. The van der Waals surface area contributed by atoms with Gasteiger partial charge in [-0.3, -0.25) is 0 Å². The first kappa shape index (κ1) is 11.9. The predicted octanol–water partition coefficient (Wildman–Crippen LogP) is 1.35. The number of aromatic nitrogens is 1. The predicted molar refractivity (Wildman–Crippen MR) is 63.0 cm³/mol. The van der Waals surface area contributed by atoms with Crippen molar-refractivity contribution in [3.05, 3.63) is 24.0 Å². The highest BCUT2D eigenvalue weighted by Crippen LogP contribution is 2.26. The number of carboxylic acid groups (broad SMARTS) is 1. The Hall–Kier alpha value is -1.62. The van der Waals surface area contributed by atoms with E-state index in [4.69, 9.17) is 5.11 Å². The molecule has 1 saturated carbocycles. The summed E-state index contributed by atoms with van der Waals surface area (Å²) in [4.78, 5) is 14.8. The van der Waals surface area contributed by atoms with Crippen LogP contribution in [0, 0.1) is 5.92 Å². The summed E-state index contributed by atoms with van der Waals surface area (Å²) in [6, 6.07) is 3.42. The zero-order chi connectivity index (χ0) is 12.3. The van der Waals surface area contributed by atoms with Crippen molar-refractivity contribution >= 4 is 11.7 Å². The quantitative estimate of drug-likeness (QED) is 0.735. The summed E-state index contributed by atoms with van der Waals surface area (Å²) < 4.78 is 0. The summed E-state index contributed by atoms with van der Waals surface area (Å²) in [6.07, 6.45) is 3.88. The van der Waals surface area contributed by atoms with Crippen molar-refractivity contribution in [3.8, 4) is 0 Å². The Morgan fingerprint density at radius 3 is 3.00 bits per heavy atom. The molecule has 2 rings (SSSR count). The molecule has 0 aromatic carbocycles. The van der Waals surface area contributed by atoms with Gasteiger partial charge in [0.15, 0.2) is 5.69 Å². The van der Waals surface area contributed by atoms with Crippen molar-refractivity contribution < 1.29 is 15.0 Å². The molecule has 2 unspecified atom stereocenters. The van der Waals surface area contributed by atoms with Crippen molar-refractivity contribution in [3.63, 3.8) is 0 Å².